The molecule has 0 saturated carbocycles. The first-order valence-corrected chi connectivity index (χ1v) is 10.8. The zero-order chi connectivity index (χ0) is 19.3. The number of likely N-dealkylation sites (tertiary alicyclic amines) is 1. The Morgan fingerprint density at radius 2 is 1.81 bits per heavy atom. The Hall–Kier alpha value is -1.53. The number of carbonyl (C=O) groups is 2. The SMILES string of the molecule is CC(C)CC(=O)N1CCSC12CCN(C(=O)COCc1ccccc1)CC2. The number of hydrogen-bond donors (Lipinski definition) is 0. The van der Waals surface area contributed by atoms with Gasteiger partial charge in [0.25, 0.3) is 0 Å². The van der Waals surface area contributed by atoms with E-state index in [0.717, 1.165) is 30.7 Å². The summed E-state index contributed by atoms with van der Waals surface area (Å²) in [5.74, 6) is 1.69. The van der Waals surface area contributed by atoms with Gasteiger partial charge in [-0.05, 0) is 24.3 Å². The van der Waals surface area contributed by atoms with E-state index < -0.39 is 0 Å². The van der Waals surface area contributed by atoms with E-state index in [-0.39, 0.29) is 23.3 Å². The number of benzene rings is 1. The van der Waals surface area contributed by atoms with Crippen molar-refractivity contribution in [3.05, 3.63) is 35.9 Å². The standard InChI is InChI=1S/C21H30N2O3S/c1-17(2)14-19(24)23-12-13-27-21(23)8-10-22(11-9-21)20(25)16-26-15-18-6-4-3-5-7-18/h3-7,17H,8-16H2,1-2H3. The van der Waals surface area contributed by atoms with Gasteiger partial charge in [-0.3, -0.25) is 9.59 Å². The summed E-state index contributed by atoms with van der Waals surface area (Å²) in [7, 11) is 0. The van der Waals surface area contributed by atoms with Gasteiger partial charge in [-0.2, -0.15) is 0 Å². The van der Waals surface area contributed by atoms with Crippen molar-refractivity contribution in [2.75, 3.05) is 32.0 Å². The topological polar surface area (TPSA) is 49.9 Å². The molecule has 0 aliphatic carbocycles. The molecule has 6 heteroatoms. The van der Waals surface area contributed by atoms with Gasteiger partial charge in [-0.1, -0.05) is 44.2 Å². The number of piperidine rings is 1. The molecular formula is C21H30N2O3S. The molecule has 3 rings (SSSR count). The van der Waals surface area contributed by atoms with Crippen LogP contribution >= 0.6 is 11.8 Å². The van der Waals surface area contributed by atoms with Gasteiger partial charge in [0.2, 0.25) is 11.8 Å². The monoisotopic (exact) mass is 390 g/mol. The second-order valence-corrected chi connectivity index (χ2v) is 9.25. The molecule has 2 heterocycles. The maximum Gasteiger partial charge on any atom is 0.248 e. The zero-order valence-electron chi connectivity index (χ0n) is 16.4. The Bertz CT molecular complexity index is 642. The number of thioether (sulfide) groups is 1. The predicted molar refractivity (Wildman–Crippen MR) is 108 cm³/mol. The van der Waals surface area contributed by atoms with E-state index in [9.17, 15) is 9.59 Å². The number of hydrogen-bond acceptors (Lipinski definition) is 4. The summed E-state index contributed by atoms with van der Waals surface area (Å²) in [6, 6.07) is 9.89. The van der Waals surface area contributed by atoms with Crippen molar-refractivity contribution < 1.29 is 14.3 Å². The quantitative estimate of drug-likeness (QED) is 0.749. The van der Waals surface area contributed by atoms with Gasteiger partial charge in [0.1, 0.15) is 6.61 Å². The maximum atomic E-state index is 12.6. The predicted octanol–water partition coefficient (Wildman–Crippen LogP) is 3.14. The van der Waals surface area contributed by atoms with Crippen LogP contribution in [0.1, 0.15) is 38.7 Å². The Balaban J connectivity index is 1.47. The molecule has 0 aromatic heterocycles. The Morgan fingerprint density at radius 1 is 1.11 bits per heavy atom. The number of rotatable bonds is 6. The molecule has 2 aliphatic heterocycles. The fraction of sp³-hybridized carbons (Fsp3) is 0.619. The van der Waals surface area contributed by atoms with E-state index in [1.54, 1.807) is 0 Å². The summed E-state index contributed by atoms with van der Waals surface area (Å²) in [5, 5.41) is 0. The highest BCUT2D eigenvalue weighted by molar-refractivity contribution is 8.00. The van der Waals surface area contributed by atoms with Gasteiger partial charge in [-0.25, -0.2) is 0 Å². The van der Waals surface area contributed by atoms with Crippen LogP contribution in [-0.2, 0) is 20.9 Å². The summed E-state index contributed by atoms with van der Waals surface area (Å²) in [5.41, 5.74) is 1.07. The summed E-state index contributed by atoms with van der Waals surface area (Å²) in [6.45, 7) is 6.99. The van der Waals surface area contributed by atoms with Crippen molar-refractivity contribution >= 4 is 23.6 Å². The second-order valence-electron chi connectivity index (χ2n) is 7.80. The van der Waals surface area contributed by atoms with Crippen LogP contribution in [0.2, 0.25) is 0 Å². The third kappa shape index (κ3) is 5.05. The van der Waals surface area contributed by atoms with Crippen LogP contribution in [-0.4, -0.2) is 58.5 Å². The molecule has 0 atom stereocenters. The molecule has 1 aromatic carbocycles. The highest BCUT2D eigenvalue weighted by atomic mass is 32.2. The van der Waals surface area contributed by atoms with Crippen LogP contribution in [0, 0.1) is 5.92 Å². The summed E-state index contributed by atoms with van der Waals surface area (Å²) < 4.78 is 5.59. The third-order valence-corrected chi connectivity index (χ3v) is 6.85. The molecule has 0 radical (unpaired) electrons. The van der Waals surface area contributed by atoms with Crippen LogP contribution in [0.3, 0.4) is 0 Å². The number of carbonyl (C=O) groups excluding carboxylic acids is 2. The Morgan fingerprint density at radius 3 is 2.48 bits per heavy atom. The molecule has 1 spiro atoms. The van der Waals surface area contributed by atoms with E-state index in [2.05, 4.69) is 18.7 Å². The molecular weight excluding hydrogens is 360 g/mol. The lowest BCUT2D eigenvalue weighted by Gasteiger charge is -2.44. The third-order valence-electron chi connectivity index (χ3n) is 5.30. The van der Waals surface area contributed by atoms with Crippen LogP contribution in [0.15, 0.2) is 30.3 Å². The maximum absolute atomic E-state index is 12.6. The van der Waals surface area contributed by atoms with E-state index in [1.807, 2.05) is 47.0 Å². The van der Waals surface area contributed by atoms with Gasteiger partial charge in [0.15, 0.2) is 0 Å². The molecule has 2 saturated heterocycles. The van der Waals surface area contributed by atoms with Gasteiger partial charge in [-0.15, -0.1) is 11.8 Å². The van der Waals surface area contributed by atoms with E-state index in [4.69, 9.17) is 4.74 Å². The molecule has 27 heavy (non-hydrogen) atoms. The van der Waals surface area contributed by atoms with E-state index in [1.165, 1.54) is 0 Å². The minimum absolute atomic E-state index is 0.0452. The smallest absolute Gasteiger partial charge is 0.248 e. The van der Waals surface area contributed by atoms with Gasteiger partial charge >= 0.3 is 0 Å². The van der Waals surface area contributed by atoms with Crippen molar-refractivity contribution in [2.24, 2.45) is 5.92 Å². The first-order valence-electron chi connectivity index (χ1n) is 9.84. The van der Waals surface area contributed by atoms with Crippen molar-refractivity contribution in [1.29, 1.82) is 0 Å². The summed E-state index contributed by atoms with van der Waals surface area (Å²) >= 11 is 1.89. The van der Waals surface area contributed by atoms with Crippen LogP contribution in [0.5, 0.6) is 0 Å². The normalized spacial score (nSPS) is 19.1. The average molecular weight is 391 g/mol. The second kappa shape index (κ2) is 9.11. The molecule has 2 fully saturated rings. The number of amides is 2. The lowest BCUT2D eigenvalue weighted by molar-refractivity contribution is -0.140. The highest BCUT2D eigenvalue weighted by Crippen LogP contribution is 2.44. The van der Waals surface area contributed by atoms with Crippen molar-refractivity contribution in [1.82, 2.24) is 9.80 Å². The number of ether oxygens (including phenoxy) is 1. The molecule has 0 unspecified atom stereocenters. The molecule has 2 aliphatic rings. The molecule has 1 aromatic rings. The summed E-state index contributed by atoms with van der Waals surface area (Å²) in [4.78, 5) is 29.0. The highest BCUT2D eigenvalue weighted by Gasteiger charge is 2.46. The first kappa shape index (κ1) is 20.2. The average Bonchev–Trinajstić information content (AvgIpc) is 3.06. The van der Waals surface area contributed by atoms with Gasteiger partial charge < -0.3 is 14.5 Å². The van der Waals surface area contributed by atoms with Crippen molar-refractivity contribution in [3.63, 3.8) is 0 Å². The zero-order valence-corrected chi connectivity index (χ0v) is 17.2. The molecule has 5 nitrogen and oxygen atoms in total. The fourth-order valence-electron chi connectivity index (χ4n) is 3.86. The van der Waals surface area contributed by atoms with E-state index >= 15 is 0 Å². The molecule has 0 bridgehead atoms. The number of nitrogens with zero attached hydrogens (tertiary/aromatic N) is 2. The summed E-state index contributed by atoms with van der Waals surface area (Å²) in [6.07, 6.45) is 2.32. The van der Waals surface area contributed by atoms with Gasteiger partial charge in [0, 0.05) is 31.8 Å². The van der Waals surface area contributed by atoms with Crippen LogP contribution in [0.25, 0.3) is 0 Å². The largest absolute Gasteiger partial charge is 0.367 e. The lowest BCUT2D eigenvalue weighted by atomic mass is 10.0. The Kier molecular flexibility index (Phi) is 6.82. The fourth-order valence-corrected chi connectivity index (χ4v) is 5.34. The Labute approximate surface area is 166 Å². The lowest BCUT2D eigenvalue weighted by Crippen LogP contribution is -2.54. The van der Waals surface area contributed by atoms with Crippen LogP contribution in [0.4, 0.5) is 0 Å². The molecule has 2 amide bonds. The van der Waals surface area contributed by atoms with Crippen molar-refractivity contribution in [3.8, 4) is 0 Å². The molecule has 0 N–H and O–H groups in total. The van der Waals surface area contributed by atoms with Crippen LogP contribution < -0.4 is 0 Å². The van der Waals surface area contributed by atoms with Crippen molar-refractivity contribution in [2.45, 2.75) is 44.6 Å². The minimum atomic E-state index is -0.104. The van der Waals surface area contributed by atoms with Gasteiger partial charge in [0.05, 0.1) is 11.5 Å². The molecule has 148 valence electrons. The minimum Gasteiger partial charge on any atom is -0.367 e. The van der Waals surface area contributed by atoms with E-state index in [0.29, 0.717) is 32.0 Å². The first-order chi connectivity index (χ1) is 13.0.